The molecule has 0 aliphatic heterocycles. The highest BCUT2D eigenvalue weighted by molar-refractivity contribution is 7.92. The molecule has 10 heteroatoms. The number of anilines is 2. The number of hydrogen-bond acceptors (Lipinski definition) is 7. The third-order valence-corrected chi connectivity index (χ3v) is 7.81. The number of nitrogens with two attached hydrogens (primary N) is 1. The lowest BCUT2D eigenvalue weighted by Gasteiger charge is -2.22. The van der Waals surface area contributed by atoms with Crippen LogP contribution < -0.4 is 15.4 Å². The summed E-state index contributed by atoms with van der Waals surface area (Å²) in [4.78, 5) is 8.89. The van der Waals surface area contributed by atoms with Gasteiger partial charge in [0, 0.05) is 13.6 Å². The molecule has 0 amide bonds. The first-order valence-corrected chi connectivity index (χ1v) is 13.4. The minimum absolute atomic E-state index is 0.104. The first-order chi connectivity index (χ1) is 16.0. The third-order valence-electron chi connectivity index (χ3n) is 6.27. The molecule has 0 radical (unpaired) electrons. The maximum Gasteiger partial charge on any atom is 0.233 e. The molecule has 1 aromatic carbocycles. The number of benzene rings is 1. The van der Waals surface area contributed by atoms with Crippen LogP contribution in [0.1, 0.15) is 31.6 Å². The Morgan fingerprint density at radius 1 is 1.32 bits per heavy atom. The van der Waals surface area contributed by atoms with Gasteiger partial charge in [-0.05, 0) is 43.2 Å². The smallest absolute Gasteiger partial charge is 0.233 e. The van der Waals surface area contributed by atoms with Gasteiger partial charge in [0.2, 0.25) is 15.9 Å². The van der Waals surface area contributed by atoms with Crippen molar-refractivity contribution in [2.75, 3.05) is 29.5 Å². The van der Waals surface area contributed by atoms with Gasteiger partial charge >= 0.3 is 0 Å². The predicted molar refractivity (Wildman–Crippen MR) is 135 cm³/mol. The summed E-state index contributed by atoms with van der Waals surface area (Å²) in [7, 11) is -2.17. The number of hydrogen-bond donors (Lipinski definition) is 2. The zero-order chi connectivity index (χ0) is 24.7. The van der Waals surface area contributed by atoms with Gasteiger partial charge in [-0.3, -0.25) is 4.31 Å². The third kappa shape index (κ3) is 5.37. The molecule has 3 N–H and O–H groups in total. The maximum absolute atomic E-state index is 12.2. The highest BCUT2D eigenvalue weighted by Crippen LogP contribution is 2.40. The van der Waals surface area contributed by atoms with Crippen LogP contribution in [-0.4, -0.2) is 38.2 Å². The SMILES string of the molecule is C[C@@H]1C[C@H]1CNc1cc(-c2ncc([C@](C)(N)Cc3ccccc3)o2)c(Cl)c(N(C)S(C)(=O)=O)n1. The van der Waals surface area contributed by atoms with E-state index in [1.54, 1.807) is 12.3 Å². The van der Waals surface area contributed by atoms with Crippen molar-refractivity contribution in [1.29, 1.82) is 0 Å². The van der Waals surface area contributed by atoms with Crippen molar-refractivity contribution in [3.63, 3.8) is 0 Å². The van der Waals surface area contributed by atoms with Crippen molar-refractivity contribution < 1.29 is 12.8 Å². The van der Waals surface area contributed by atoms with E-state index in [4.69, 9.17) is 21.8 Å². The molecule has 0 spiro atoms. The van der Waals surface area contributed by atoms with Crippen molar-refractivity contribution in [3.05, 3.63) is 58.9 Å². The van der Waals surface area contributed by atoms with Crippen LogP contribution in [-0.2, 0) is 22.0 Å². The molecule has 0 bridgehead atoms. The van der Waals surface area contributed by atoms with E-state index in [-0.39, 0.29) is 16.7 Å². The fourth-order valence-corrected chi connectivity index (χ4v) is 4.62. The number of aromatic nitrogens is 2. The molecule has 0 saturated heterocycles. The van der Waals surface area contributed by atoms with Crippen LogP contribution in [0.5, 0.6) is 0 Å². The minimum Gasteiger partial charge on any atom is -0.439 e. The largest absolute Gasteiger partial charge is 0.439 e. The van der Waals surface area contributed by atoms with Gasteiger partial charge in [-0.15, -0.1) is 0 Å². The van der Waals surface area contributed by atoms with Gasteiger partial charge in [0.1, 0.15) is 11.6 Å². The molecule has 34 heavy (non-hydrogen) atoms. The molecule has 1 aliphatic carbocycles. The fraction of sp³-hybridized carbons (Fsp3) is 0.417. The van der Waals surface area contributed by atoms with Gasteiger partial charge < -0.3 is 15.5 Å². The summed E-state index contributed by atoms with van der Waals surface area (Å²) < 4.78 is 31.6. The molecule has 182 valence electrons. The van der Waals surface area contributed by atoms with Crippen LogP contribution in [0.3, 0.4) is 0 Å². The van der Waals surface area contributed by atoms with Gasteiger partial charge in [-0.25, -0.2) is 18.4 Å². The Labute approximate surface area is 205 Å². The van der Waals surface area contributed by atoms with Crippen molar-refractivity contribution >= 4 is 33.3 Å². The Morgan fingerprint density at radius 3 is 2.62 bits per heavy atom. The number of oxazole rings is 1. The lowest BCUT2D eigenvalue weighted by atomic mass is 9.92. The Hall–Kier alpha value is -2.62. The number of halogens is 1. The lowest BCUT2D eigenvalue weighted by molar-refractivity contribution is 0.371. The van der Waals surface area contributed by atoms with Crippen LogP contribution in [0.4, 0.5) is 11.6 Å². The number of rotatable bonds is 9. The number of nitrogens with one attached hydrogen (secondary N) is 1. The van der Waals surface area contributed by atoms with Gasteiger partial charge in [-0.1, -0.05) is 48.9 Å². The summed E-state index contributed by atoms with van der Waals surface area (Å²) in [6.45, 7) is 4.82. The summed E-state index contributed by atoms with van der Waals surface area (Å²) in [6.07, 6.45) is 4.40. The molecule has 4 rings (SSSR count). The summed E-state index contributed by atoms with van der Waals surface area (Å²) in [6, 6.07) is 11.6. The molecular weight excluding hydrogens is 474 g/mol. The fourth-order valence-electron chi connectivity index (χ4n) is 3.82. The van der Waals surface area contributed by atoms with Crippen LogP contribution in [0.2, 0.25) is 5.02 Å². The van der Waals surface area contributed by atoms with Crippen LogP contribution in [0.25, 0.3) is 11.5 Å². The molecule has 1 aliphatic rings. The summed E-state index contributed by atoms with van der Waals surface area (Å²) >= 11 is 6.64. The lowest BCUT2D eigenvalue weighted by Crippen LogP contribution is -2.35. The van der Waals surface area contributed by atoms with E-state index >= 15 is 0 Å². The number of pyridine rings is 1. The van der Waals surface area contributed by atoms with Crippen LogP contribution >= 0.6 is 11.6 Å². The first-order valence-electron chi connectivity index (χ1n) is 11.1. The molecule has 2 heterocycles. The van der Waals surface area contributed by atoms with E-state index in [2.05, 4.69) is 22.2 Å². The Bertz CT molecular complexity index is 1280. The molecule has 0 unspecified atom stereocenters. The normalized spacial score (nSPS) is 19.5. The van der Waals surface area contributed by atoms with Crippen molar-refractivity contribution in [2.45, 2.75) is 32.2 Å². The Balaban J connectivity index is 1.69. The average molecular weight is 504 g/mol. The minimum atomic E-state index is -3.59. The monoisotopic (exact) mass is 503 g/mol. The summed E-state index contributed by atoms with van der Waals surface area (Å²) in [5.41, 5.74) is 7.30. The highest BCUT2D eigenvalue weighted by atomic mass is 35.5. The van der Waals surface area contributed by atoms with Gasteiger partial charge in [0.05, 0.1) is 28.6 Å². The van der Waals surface area contributed by atoms with Gasteiger partial charge in [0.25, 0.3) is 0 Å². The molecule has 3 atom stereocenters. The Kier molecular flexibility index (Phi) is 6.63. The van der Waals surface area contributed by atoms with Crippen LogP contribution in [0.15, 0.2) is 47.0 Å². The van der Waals surface area contributed by atoms with E-state index in [1.807, 2.05) is 37.3 Å². The van der Waals surface area contributed by atoms with Gasteiger partial charge in [0.15, 0.2) is 5.82 Å². The van der Waals surface area contributed by atoms with Gasteiger partial charge in [-0.2, -0.15) is 0 Å². The molecule has 1 saturated carbocycles. The number of nitrogens with zero attached hydrogens (tertiary/aromatic N) is 3. The zero-order valence-corrected chi connectivity index (χ0v) is 21.3. The summed E-state index contributed by atoms with van der Waals surface area (Å²) in [5.74, 6) is 2.59. The topological polar surface area (TPSA) is 114 Å². The number of sulfonamides is 1. The summed E-state index contributed by atoms with van der Waals surface area (Å²) in [5, 5.41) is 3.44. The van der Waals surface area contributed by atoms with Crippen molar-refractivity contribution in [1.82, 2.24) is 9.97 Å². The van der Waals surface area contributed by atoms with Crippen LogP contribution in [0, 0.1) is 11.8 Å². The van der Waals surface area contributed by atoms with E-state index in [0.29, 0.717) is 35.4 Å². The zero-order valence-electron chi connectivity index (χ0n) is 19.7. The second-order valence-corrected chi connectivity index (χ2v) is 11.8. The highest BCUT2D eigenvalue weighted by Gasteiger charge is 2.33. The molecule has 1 fully saturated rings. The molecule has 8 nitrogen and oxygen atoms in total. The maximum atomic E-state index is 12.2. The van der Waals surface area contributed by atoms with Crippen molar-refractivity contribution in [3.8, 4) is 11.5 Å². The van der Waals surface area contributed by atoms with E-state index in [9.17, 15) is 8.42 Å². The Morgan fingerprint density at radius 2 is 2.00 bits per heavy atom. The quantitative estimate of drug-likeness (QED) is 0.448. The van der Waals surface area contributed by atoms with E-state index in [0.717, 1.165) is 29.1 Å². The first kappa shape index (κ1) is 24.5. The molecule has 3 aromatic rings. The molecule has 2 aromatic heterocycles. The standard InChI is InChI=1S/C24H30ClN5O3S/c1-15-10-17(15)13-27-20-11-18(21(25)22(29-20)30(3)34(4,31)32)23-28-14-19(33-23)24(2,26)12-16-8-6-5-7-9-16/h5-9,11,14-15,17H,10,12-13,26H2,1-4H3,(H,27,29)/t15-,17+,24-/m1/s1. The second kappa shape index (κ2) is 9.20. The molecular formula is C24H30ClN5O3S. The predicted octanol–water partition coefficient (Wildman–Crippen LogP) is 4.27. The average Bonchev–Trinajstić information content (AvgIpc) is 3.25. The van der Waals surface area contributed by atoms with E-state index < -0.39 is 15.6 Å². The van der Waals surface area contributed by atoms with E-state index in [1.165, 1.54) is 7.05 Å². The van der Waals surface area contributed by atoms with Crippen molar-refractivity contribution in [2.24, 2.45) is 17.6 Å². The second-order valence-electron chi connectivity index (χ2n) is 9.39.